The third-order valence-corrected chi connectivity index (χ3v) is 2.67. The third-order valence-electron chi connectivity index (χ3n) is 2.67. The number of halogens is 5. The lowest BCUT2D eigenvalue weighted by molar-refractivity contribution is -0.141. The number of nitrogens with zero attached hydrogens (tertiary/aromatic N) is 2. The van der Waals surface area contributed by atoms with Crippen LogP contribution < -0.4 is 4.74 Å². The minimum atomic E-state index is -4.56. The van der Waals surface area contributed by atoms with Crippen molar-refractivity contribution in [2.75, 3.05) is 7.11 Å². The summed E-state index contributed by atoms with van der Waals surface area (Å²) in [6.45, 7) is 0. The number of alkyl halides is 3. The molecule has 2 aromatic rings. The van der Waals surface area contributed by atoms with Gasteiger partial charge in [0.25, 0.3) is 0 Å². The van der Waals surface area contributed by atoms with Crippen LogP contribution in [0.1, 0.15) is 11.3 Å². The van der Waals surface area contributed by atoms with Crippen molar-refractivity contribution in [2.45, 2.75) is 6.18 Å². The first-order valence-electron chi connectivity index (χ1n) is 5.91. The van der Waals surface area contributed by atoms with Gasteiger partial charge in [-0.2, -0.15) is 13.2 Å². The second-order valence-electron chi connectivity index (χ2n) is 4.16. The molecule has 22 heavy (non-hydrogen) atoms. The van der Waals surface area contributed by atoms with E-state index in [0.717, 1.165) is 36.7 Å². The van der Waals surface area contributed by atoms with Gasteiger partial charge in [-0.3, -0.25) is 4.99 Å². The molecule has 1 aromatic carbocycles. The van der Waals surface area contributed by atoms with E-state index in [9.17, 15) is 22.0 Å². The number of hydrogen-bond donors (Lipinski definition) is 0. The summed E-state index contributed by atoms with van der Waals surface area (Å²) in [6.07, 6.45) is -2.83. The van der Waals surface area contributed by atoms with Crippen LogP contribution in [0.25, 0.3) is 0 Å². The van der Waals surface area contributed by atoms with E-state index in [-0.39, 0.29) is 11.4 Å². The first-order chi connectivity index (χ1) is 10.3. The van der Waals surface area contributed by atoms with Crippen molar-refractivity contribution in [3.8, 4) is 5.75 Å². The Morgan fingerprint density at radius 2 is 1.77 bits per heavy atom. The number of rotatable bonds is 3. The normalized spacial score (nSPS) is 11.9. The molecule has 0 aliphatic rings. The van der Waals surface area contributed by atoms with Crippen LogP contribution in [0.2, 0.25) is 0 Å². The SMILES string of the molecule is COc1cc(F)c(C=Nc2ccc(C(F)(F)F)nc2)c(F)c1. The van der Waals surface area contributed by atoms with Crippen molar-refractivity contribution >= 4 is 11.9 Å². The largest absolute Gasteiger partial charge is 0.497 e. The molecule has 8 heteroatoms. The van der Waals surface area contributed by atoms with E-state index in [2.05, 4.69) is 9.98 Å². The van der Waals surface area contributed by atoms with Crippen LogP contribution in [-0.2, 0) is 6.18 Å². The average molecular weight is 316 g/mol. The van der Waals surface area contributed by atoms with Gasteiger partial charge in [0.1, 0.15) is 23.1 Å². The lowest BCUT2D eigenvalue weighted by atomic mass is 10.2. The fourth-order valence-corrected chi connectivity index (χ4v) is 1.57. The lowest BCUT2D eigenvalue weighted by Crippen LogP contribution is -2.06. The molecule has 0 N–H and O–H groups in total. The van der Waals surface area contributed by atoms with Gasteiger partial charge in [0.15, 0.2) is 0 Å². The van der Waals surface area contributed by atoms with Gasteiger partial charge in [-0.15, -0.1) is 0 Å². The van der Waals surface area contributed by atoms with E-state index in [1.807, 2.05) is 0 Å². The van der Waals surface area contributed by atoms with Crippen molar-refractivity contribution in [2.24, 2.45) is 4.99 Å². The predicted octanol–water partition coefficient (Wildman–Crippen LogP) is 4.14. The minimum absolute atomic E-state index is 0.00310. The van der Waals surface area contributed by atoms with Crippen molar-refractivity contribution in [1.29, 1.82) is 0 Å². The third kappa shape index (κ3) is 3.57. The van der Waals surface area contributed by atoms with Crippen LogP contribution >= 0.6 is 0 Å². The summed E-state index contributed by atoms with van der Waals surface area (Å²) in [4.78, 5) is 6.89. The zero-order chi connectivity index (χ0) is 16.3. The van der Waals surface area contributed by atoms with Crippen molar-refractivity contribution in [3.05, 3.63) is 53.4 Å². The summed E-state index contributed by atoms with van der Waals surface area (Å²) in [5, 5.41) is 0. The molecular weight excluding hydrogens is 307 g/mol. The fraction of sp³-hybridized carbons (Fsp3) is 0.143. The molecule has 0 amide bonds. The molecule has 0 saturated carbocycles. The zero-order valence-electron chi connectivity index (χ0n) is 11.2. The summed E-state index contributed by atoms with van der Waals surface area (Å²) in [5.74, 6) is -1.80. The molecule has 1 heterocycles. The maximum Gasteiger partial charge on any atom is 0.433 e. The van der Waals surface area contributed by atoms with E-state index < -0.39 is 29.1 Å². The van der Waals surface area contributed by atoms with Gasteiger partial charge in [-0.1, -0.05) is 0 Å². The Balaban J connectivity index is 2.26. The topological polar surface area (TPSA) is 34.5 Å². The van der Waals surface area contributed by atoms with Crippen molar-refractivity contribution in [1.82, 2.24) is 4.98 Å². The van der Waals surface area contributed by atoms with Crippen molar-refractivity contribution < 1.29 is 26.7 Å². The number of benzene rings is 1. The van der Waals surface area contributed by atoms with E-state index in [1.165, 1.54) is 7.11 Å². The smallest absolute Gasteiger partial charge is 0.433 e. The number of aromatic nitrogens is 1. The minimum Gasteiger partial charge on any atom is -0.497 e. The molecule has 0 radical (unpaired) electrons. The molecule has 116 valence electrons. The highest BCUT2D eigenvalue weighted by Gasteiger charge is 2.31. The highest BCUT2D eigenvalue weighted by atomic mass is 19.4. The number of ether oxygens (including phenoxy) is 1. The van der Waals surface area contributed by atoms with Gasteiger partial charge in [-0.25, -0.2) is 13.8 Å². The maximum atomic E-state index is 13.6. The Morgan fingerprint density at radius 3 is 2.23 bits per heavy atom. The monoisotopic (exact) mass is 316 g/mol. The Bertz CT molecular complexity index is 672. The Morgan fingerprint density at radius 1 is 1.14 bits per heavy atom. The van der Waals surface area contributed by atoms with Gasteiger partial charge >= 0.3 is 6.18 Å². The molecule has 0 atom stereocenters. The van der Waals surface area contributed by atoms with Gasteiger partial charge < -0.3 is 4.74 Å². The van der Waals surface area contributed by atoms with Crippen LogP contribution in [0.4, 0.5) is 27.6 Å². The molecule has 0 bridgehead atoms. The second-order valence-corrected chi connectivity index (χ2v) is 4.16. The number of methoxy groups -OCH3 is 1. The Kier molecular flexibility index (Phi) is 4.39. The fourth-order valence-electron chi connectivity index (χ4n) is 1.57. The summed E-state index contributed by atoms with van der Waals surface area (Å²) in [6, 6.07) is 3.71. The van der Waals surface area contributed by atoms with Crippen LogP contribution in [0.3, 0.4) is 0 Å². The standard InChI is InChI=1S/C14H9F5N2O/c1-22-9-4-11(15)10(12(16)5-9)7-20-8-2-3-13(21-6-8)14(17,18)19/h2-7H,1H3. The highest BCUT2D eigenvalue weighted by molar-refractivity contribution is 5.82. The summed E-state index contributed by atoms with van der Waals surface area (Å²) < 4.78 is 69.0. The molecule has 0 unspecified atom stereocenters. The summed E-state index contributed by atoms with van der Waals surface area (Å²) in [7, 11) is 1.26. The first-order valence-corrected chi connectivity index (χ1v) is 5.91. The number of pyridine rings is 1. The van der Waals surface area contributed by atoms with E-state index in [4.69, 9.17) is 4.74 Å². The number of aliphatic imine (C=N–C) groups is 1. The first kappa shape index (κ1) is 15.9. The summed E-state index contributed by atoms with van der Waals surface area (Å²) in [5.41, 5.74) is -1.48. The average Bonchev–Trinajstić information content (AvgIpc) is 2.45. The van der Waals surface area contributed by atoms with E-state index in [1.54, 1.807) is 0 Å². The van der Waals surface area contributed by atoms with Gasteiger partial charge in [-0.05, 0) is 12.1 Å². The van der Waals surface area contributed by atoms with Gasteiger partial charge in [0, 0.05) is 18.3 Å². The quantitative estimate of drug-likeness (QED) is 0.630. The van der Waals surface area contributed by atoms with Gasteiger partial charge in [0.2, 0.25) is 0 Å². The maximum absolute atomic E-state index is 13.6. The Hall–Kier alpha value is -2.51. The molecule has 0 saturated heterocycles. The second kappa shape index (κ2) is 6.08. The van der Waals surface area contributed by atoms with Crippen LogP contribution in [0.15, 0.2) is 35.5 Å². The lowest BCUT2D eigenvalue weighted by Gasteiger charge is -2.05. The van der Waals surface area contributed by atoms with Crippen LogP contribution in [0, 0.1) is 11.6 Å². The molecule has 0 spiro atoms. The molecule has 2 rings (SSSR count). The molecular formula is C14H9F5N2O. The molecule has 0 aliphatic carbocycles. The van der Waals surface area contributed by atoms with Gasteiger partial charge in [0.05, 0.1) is 24.6 Å². The highest BCUT2D eigenvalue weighted by Crippen LogP contribution is 2.28. The molecule has 0 aliphatic heterocycles. The molecule has 0 fully saturated rings. The van der Waals surface area contributed by atoms with E-state index in [0.29, 0.717) is 0 Å². The van der Waals surface area contributed by atoms with Crippen molar-refractivity contribution in [3.63, 3.8) is 0 Å². The molecule has 3 nitrogen and oxygen atoms in total. The summed E-state index contributed by atoms with van der Waals surface area (Å²) >= 11 is 0. The predicted molar refractivity (Wildman–Crippen MR) is 69.4 cm³/mol. The van der Waals surface area contributed by atoms with E-state index >= 15 is 0 Å². The molecule has 1 aromatic heterocycles. The van der Waals surface area contributed by atoms with Crippen LogP contribution in [0.5, 0.6) is 5.75 Å². The number of hydrogen-bond acceptors (Lipinski definition) is 3. The Labute approximate surface area is 122 Å². The van der Waals surface area contributed by atoms with Crippen LogP contribution in [-0.4, -0.2) is 18.3 Å². The zero-order valence-corrected chi connectivity index (χ0v) is 11.2.